The number of hydrogen-bond donors (Lipinski definition) is 2. The first kappa shape index (κ1) is 17.2. The van der Waals surface area contributed by atoms with Crippen LogP contribution in [0.25, 0.3) is 22.5 Å². The molecule has 27 heavy (non-hydrogen) atoms. The Kier molecular flexibility index (Phi) is 4.16. The highest BCUT2D eigenvalue weighted by Gasteiger charge is 2.20. The van der Waals surface area contributed by atoms with E-state index in [0.29, 0.717) is 5.56 Å². The molecule has 1 aliphatic rings. The summed E-state index contributed by atoms with van der Waals surface area (Å²) in [7, 11) is 3.44. The third kappa shape index (κ3) is 2.96. The van der Waals surface area contributed by atoms with Crippen LogP contribution in [0.2, 0.25) is 0 Å². The maximum Gasteiger partial charge on any atom is 0.253 e. The maximum absolute atomic E-state index is 14.4. The number of rotatable bonds is 3. The second kappa shape index (κ2) is 6.51. The van der Waals surface area contributed by atoms with Crippen LogP contribution in [0.15, 0.2) is 48.9 Å². The van der Waals surface area contributed by atoms with Crippen LogP contribution in [0.5, 0.6) is 0 Å². The summed E-state index contributed by atoms with van der Waals surface area (Å²) in [4.78, 5) is 16.1. The van der Waals surface area contributed by atoms with Gasteiger partial charge in [-0.05, 0) is 42.3 Å². The molecule has 7 heteroatoms. The molecule has 1 unspecified atom stereocenters. The van der Waals surface area contributed by atoms with Crippen LogP contribution in [0.4, 0.5) is 4.39 Å². The summed E-state index contributed by atoms with van der Waals surface area (Å²) in [5.74, 6) is -1.01. The van der Waals surface area contributed by atoms with E-state index in [1.807, 2.05) is 34.8 Å². The van der Waals surface area contributed by atoms with E-state index < -0.39 is 11.7 Å². The molecule has 0 saturated heterocycles. The highest BCUT2D eigenvalue weighted by Crippen LogP contribution is 2.27. The number of hydrogen-bond acceptors (Lipinski definition) is 4. The second-order valence-corrected chi connectivity index (χ2v) is 6.61. The van der Waals surface area contributed by atoms with Crippen molar-refractivity contribution >= 4 is 17.1 Å². The Morgan fingerprint density at radius 3 is 2.70 bits per heavy atom. The van der Waals surface area contributed by atoms with Gasteiger partial charge >= 0.3 is 0 Å². The Hall–Kier alpha value is -3.19. The van der Waals surface area contributed by atoms with Crippen LogP contribution >= 0.6 is 0 Å². The van der Waals surface area contributed by atoms with Crippen molar-refractivity contribution in [3.63, 3.8) is 0 Å². The highest BCUT2D eigenvalue weighted by atomic mass is 19.1. The van der Waals surface area contributed by atoms with Crippen molar-refractivity contribution in [1.29, 1.82) is 0 Å². The number of carbonyl (C=O) groups is 1. The number of hydrazine groups is 1. The summed E-state index contributed by atoms with van der Waals surface area (Å²) >= 11 is 0. The lowest BCUT2D eigenvalue weighted by molar-refractivity contribution is 0.0959. The molecule has 4 rings (SSSR count). The molecule has 2 N–H and O–H groups in total. The van der Waals surface area contributed by atoms with Crippen molar-refractivity contribution in [2.45, 2.75) is 13.0 Å². The maximum atomic E-state index is 14.4. The number of pyridine rings is 1. The molecule has 1 atom stereocenters. The fourth-order valence-corrected chi connectivity index (χ4v) is 3.42. The summed E-state index contributed by atoms with van der Waals surface area (Å²) in [5, 5.41) is 4.38. The fourth-order valence-electron chi connectivity index (χ4n) is 3.42. The zero-order chi connectivity index (χ0) is 19.1. The number of halogens is 1. The van der Waals surface area contributed by atoms with Crippen molar-refractivity contribution in [3.05, 3.63) is 65.9 Å². The molecule has 0 fully saturated rings. The molecule has 2 aromatic heterocycles. The van der Waals surface area contributed by atoms with Gasteiger partial charge in [0.25, 0.3) is 5.91 Å². The quantitative estimate of drug-likeness (QED) is 0.749. The lowest BCUT2D eigenvalue weighted by Crippen LogP contribution is -2.30. The van der Waals surface area contributed by atoms with Gasteiger partial charge < -0.3 is 10.3 Å². The van der Waals surface area contributed by atoms with Crippen LogP contribution < -0.4 is 10.7 Å². The van der Waals surface area contributed by atoms with Gasteiger partial charge in [0.2, 0.25) is 0 Å². The molecule has 0 bridgehead atoms. The van der Waals surface area contributed by atoms with E-state index in [1.165, 1.54) is 24.8 Å². The number of aromatic nitrogens is 2. The minimum Gasteiger partial charge on any atom is -0.355 e. The van der Waals surface area contributed by atoms with Gasteiger partial charge in [0.1, 0.15) is 11.5 Å². The number of amides is 1. The first-order chi connectivity index (χ1) is 13.0. The number of fused-ring (bicyclic) bond motifs is 1. The Bertz CT molecular complexity index is 1070. The summed E-state index contributed by atoms with van der Waals surface area (Å²) in [6.45, 7) is 2.10. The molecule has 6 nitrogen and oxygen atoms in total. The van der Waals surface area contributed by atoms with Gasteiger partial charge in [-0.25, -0.2) is 14.8 Å². The Morgan fingerprint density at radius 2 is 2.04 bits per heavy atom. The molecule has 1 aliphatic heterocycles. The lowest BCUT2D eigenvalue weighted by atomic mass is 10.0. The Balaban J connectivity index is 1.79. The van der Waals surface area contributed by atoms with E-state index in [1.54, 1.807) is 12.3 Å². The first-order valence-electron chi connectivity index (χ1n) is 8.68. The minimum absolute atomic E-state index is 0.0230. The Labute approximate surface area is 156 Å². The molecule has 0 saturated carbocycles. The minimum atomic E-state index is -0.559. The normalized spacial score (nSPS) is 16.7. The molecule has 0 spiro atoms. The van der Waals surface area contributed by atoms with E-state index in [9.17, 15) is 9.18 Å². The number of nitrogens with one attached hydrogen (secondary N) is 2. The summed E-state index contributed by atoms with van der Waals surface area (Å²) in [6.07, 6.45) is 5.77. The van der Waals surface area contributed by atoms with Gasteiger partial charge in [0.05, 0.1) is 23.5 Å². The predicted molar refractivity (Wildman–Crippen MR) is 102 cm³/mol. The Morgan fingerprint density at radius 1 is 1.26 bits per heavy atom. The average Bonchev–Trinajstić information content (AvgIpc) is 3.22. The molecule has 0 radical (unpaired) electrons. The van der Waals surface area contributed by atoms with Gasteiger partial charge in [0, 0.05) is 32.1 Å². The zero-order valence-electron chi connectivity index (χ0n) is 15.3. The molecular formula is C20H20FN5O. The monoisotopic (exact) mass is 365 g/mol. The summed E-state index contributed by atoms with van der Waals surface area (Å²) in [6, 6.07) is 8.77. The third-order valence-corrected chi connectivity index (χ3v) is 4.77. The SMILES string of the molecule is CNC(=O)c1ccc(-c2cnc3ccc(C4=CN(C)NC4C)cn23)cc1F. The van der Waals surface area contributed by atoms with Gasteiger partial charge in [-0.1, -0.05) is 6.07 Å². The molecule has 1 aromatic carbocycles. The standard InChI is InChI=1S/C20H20FN5O/c1-12-16(11-25(3)24-12)14-5-7-19-23-9-18(26(19)10-14)13-4-6-15(17(21)8-13)20(27)22-2/h4-12,24H,1-3H3,(H,22,27). The fraction of sp³-hybridized carbons (Fsp3) is 0.200. The molecular weight excluding hydrogens is 345 g/mol. The van der Waals surface area contributed by atoms with Crippen molar-refractivity contribution in [2.24, 2.45) is 0 Å². The second-order valence-electron chi connectivity index (χ2n) is 6.61. The molecule has 3 heterocycles. The van der Waals surface area contributed by atoms with Gasteiger partial charge in [0.15, 0.2) is 0 Å². The van der Waals surface area contributed by atoms with E-state index in [4.69, 9.17) is 0 Å². The topological polar surface area (TPSA) is 61.7 Å². The highest BCUT2D eigenvalue weighted by molar-refractivity contribution is 5.94. The predicted octanol–water partition coefficient (Wildman–Crippen LogP) is 2.68. The van der Waals surface area contributed by atoms with E-state index in [2.05, 4.69) is 28.9 Å². The van der Waals surface area contributed by atoms with Crippen molar-refractivity contribution in [1.82, 2.24) is 25.1 Å². The summed E-state index contributed by atoms with van der Waals surface area (Å²) < 4.78 is 16.3. The number of nitrogens with zero attached hydrogens (tertiary/aromatic N) is 3. The average molecular weight is 365 g/mol. The van der Waals surface area contributed by atoms with Gasteiger partial charge in [-0.15, -0.1) is 0 Å². The molecule has 138 valence electrons. The van der Waals surface area contributed by atoms with Crippen LogP contribution in [0, 0.1) is 5.82 Å². The molecule has 0 aliphatic carbocycles. The smallest absolute Gasteiger partial charge is 0.253 e. The van der Waals surface area contributed by atoms with Crippen LogP contribution in [0.3, 0.4) is 0 Å². The number of carbonyl (C=O) groups excluding carboxylic acids is 1. The molecule has 1 amide bonds. The first-order valence-corrected chi connectivity index (χ1v) is 8.68. The van der Waals surface area contributed by atoms with Crippen LogP contribution in [0.1, 0.15) is 22.8 Å². The zero-order valence-corrected chi connectivity index (χ0v) is 15.3. The van der Waals surface area contributed by atoms with E-state index >= 15 is 0 Å². The number of benzene rings is 1. The van der Waals surface area contributed by atoms with E-state index in [0.717, 1.165) is 16.9 Å². The number of imidazole rings is 1. The summed E-state index contributed by atoms with van der Waals surface area (Å²) in [5.41, 5.74) is 7.77. The van der Waals surface area contributed by atoms with Gasteiger partial charge in [-0.3, -0.25) is 9.20 Å². The third-order valence-electron chi connectivity index (χ3n) is 4.77. The lowest BCUT2D eigenvalue weighted by Gasteiger charge is -2.12. The molecule has 3 aromatic rings. The van der Waals surface area contributed by atoms with Crippen molar-refractivity contribution in [2.75, 3.05) is 14.1 Å². The van der Waals surface area contributed by atoms with Crippen molar-refractivity contribution in [3.8, 4) is 11.3 Å². The van der Waals surface area contributed by atoms with Crippen LogP contribution in [-0.4, -0.2) is 40.4 Å². The van der Waals surface area contributed by atoms with E-state index in [-0.39, 0.29) is 11.6 Å². The van der Waals surface area contributed by atoms with Gasteiger partial charge in [-0.2, -0.15) is 0 Å². The largest absolute Gasteiger partial charge is 0.355 e. The van der Waals surface area contributed by atoms with Crippen molar-refractivity contribution < 1.29 is 9.18 Å². The van der Waals surface area contributed by atoms with Crippen LogP contribution in [-0.2, 0) is 0 Å².